The largest absolute Gasteiger partial charge is 0.465 e. The number of nitrogens with zero attached hydrogens (tertiary/aromatic N) is 1. The van der Waals surface area contributed by atoms with Crippen molar-refractivity contribution in [3.63, 3.8) is 0 Å². The number of rotatable bonds is 2. The van der Waals surface area contributed by atoms with E-state index in [4.69, 9.17) is 9.47 Å². The lowest BCUT2D eigenvalue weighted by molar-refractivity contribution is 0.0557. The predicted octanol–water partition coefficient (Wildman–Crippen LogP) is 2.90. The Balaban J connectivity index is 2.51. The maximum Gasteiger partial charge on any atom is 0.340 e. The van der Waals surface area contributed by atoms with Crippen molar-refractivity contribution in [2.75, 3.05) is 14.2 Å². The smallest absolute Gasteiger partial charge is 0.340 e. The van der Waals surface area contributed by atoms with Gasteiger partial charge in [-0.1, -0.05) is 24.3 Å². The SMILES string of the molecule is COC(=O)c1ccc2c3ccccc3n(C)c2c1C(=O)OC. The zero-order valence-corrected chi connectivity index (χ0v) is 12.5. The molecule has 0 radical (unpaired) electrons. The van der Waals surface area contributed by atoms with Crippen LogP contribution in [-0.2, 0) is 16.5 Å². The molecule has 3 rings (SSSR count). The fourth-order valence-electron chi connectivity index (χ4n) is 2.86. The van der Waals surface area contributed by atoms with Crippen LogP contribution in [-0.4, -0.2) is 30.7 Å². The molecule has 0 N–H and O–H groups in total. The Morgan fingerprint density at radius 2 is 1.59 bits per heavy atom. The standard InChI is InChI=1S/C17H15NO4/c1-18-13-7-5-4-6-10(13)11-8-9-12(16(19)21-2)14(15(11)18)17(20)22-3/h4-9H,1-3H3. The van der Waals surface area contributed by atoms with E-state index in [9.17, 15) is 9.59 Å². The third-order valence-electron chi connectivity index (χ3n) is 3.86. The average molecular weight is 297 g/mol. The zero-order chi connectivity index (χ0) is 15.9. The lowest BCUT2D eigenvalue weighted by atomic mass is 10.0. The lowest BCUT2D eigenvalue weighted by Gasteiger charge is -2.09. The molecular weight excluding hydrogens is 282 g/mol. The second kappa shape index (κ2) is 5.18. The number of carbonyl (C=O) groups is 2. The predicted molar refractivity (Wildman–Crippen MR) is 83.1 cm³/mol. The van der Waals surface area contributed by atoms with Gasteiger partial charge in [0.15, 0.2) is 0 Å². The van der Waals surface area contributed by atoms with Gasteiger partial charge in [0.1, 0.15) is 0 Å². The van der Waals surface area contributed by atoms with Crippen LogP contribution in [0.5, 0.6) is 0 Å². The highest BCUT2D eigenvalue weighted by atomic mass is 16.5. The van der Waals surface area contributed by atoms with E-state index in [1.165, 1.54) is 14.2 Å². The number of para-hydroxylation sites is 1. The lowest BCUT2D eigenvalue weighted by Crippen LogP contribution is -2.13. The molecule has 0 saturated heterocycles. The highest BCUT2D eigenvalue weighted by molar-refractivity contribution is 6.18. The Labute approximate surface area is 127 Å². The summed E-state index contributed by atoms with van der Waals surface area (Å²) in [7, 11) is 4.44. The van der Waals surface area contributed by atoms with E-state index in [0.29, 0.717) is 5.52 Å². The second-order valence-electron chi connectivity index (χ2n) is 4.94. The van der Waals surface area contributed by atoms with Crippen molar-refractivity contribution in [1.82, 2.24) is 4.57 Å². The number of benzene rings is 2. The van der Waals surface area contributed by atoms with Crippen LogP contribution >= 0.6 is 0 Å². The molecule has 0 aliphatic carbocycles. The van der Waals surface area contributed by atoms with Gasteiger partial charge in [-0.3, -0.25) is 0 Å². The van der Waals surface area contributed by atoms with Crippen LogP contribution in [0.25, 0.3) is 21.8 Å². The quantitative estimate of drug-likeness (QED) is 0.682. The average Bonchev–Trinajstić information content (AvgIpc) is 2.86. The summed E-state index contributed by atoms with van der Waals surface area (Å²) in [5, 5.41) is 1.91. The van der Waals surface area contributed by atoms with E-state index in [1.54, 1.807) is 6.07 Å². The first kappa shape index (κ1) is 14.1. The Morgan fingerprint density at radius 3 is 2.27 bits per heavy atom. The number of methoxy groups -OCH3 is 2. The Morgan fingerprint density at radius 1 is 0.909 bits per heavy atom. The minimum atomic E-state index is -0.562. The third kappa shape index (κ3) is 1.86. The first-order chi connectivity index (χ1) is 10.6. The molecule has 0 aliphatic heterocycles. The highest BCUT2D eigenvalue weighted by Gasteiger charge is 2.24. The molecule has 1 aromatic heterocycles. The van der Waals surface area contributed by atoms with E-state index < -0.39 is 11.9 Å². The van der Waals surface area contributed by atoms with Gasteiger partial charge in [-0.15, -0.1) is 0 Å². The summed E-state index contributed by atoms with van der Waals surface area (Å²) >= 11 is 0. The first-order valence-electron chi connectivity index (χ1n) is 6.77. The van der Waals surface area contributed by atoms with Crippen LogP contribution in [0.4, 0.5) is 0 Å². The molecule has 112 valence electrons. The molecule has 0 spiro atoms. The maximum absolute atomic E-state index is 12.3. The van der Waals surface area contributed by atoms with Crippen molar-refractivity contribution in [2.45, 2.75) is 0 Å². The molecule has 0 aliphatic rings. The summed E-state index contributed by atoms with van der Waals surface area (Å²) in [6.07, 6.45) is 0. The van der Waals surface area contributed by atoms with Gasteiger partial charge in [0.05, 0.1) is 30.9 Å². The molecule has 5 nitrogen and oxygen atoms in total. The number of carbonyl (C=O) groups excluding carboxylic acids is 2. The van der Waals surface area contributed by atoms with Gasteiger partial charge < -0.3 is 14.0 Å². The fraction of sp³-hybridized carbons (Fsp3) is 0.176. The summed E-state index contributed by atoms with van der Waals surface area (Å²) < 4.78 is 11.5. The number of aromatic nitrogens is 1. The van der Waals surface area contributed by atoms with Gasteiger partial charge >= 0.3 is 11.9 Å². The van der Waals surface area contributed by atoms with E-state index >= 15 is 0 Å². The highest BCUT2D eigenvalue weighted by Crippen LogP contribution is 2.32. The normalized spacial score (nSPS) is 10.9. The molecule has 0 fully saturated rings. The van der Waals surface area contributed by atoms with E-state index in [-0.39, 0.29) is 11.1 Å². The van der Waals surface area contributed by atoms with Gasteiger partial charge in [-0.05, 0) is 12.1 Å². The molecule has 0 amide bonds. The minimum Gasteiger partial charge on any atom is -0.465 e. The van der Waals surface area contributed by atoms with Gasteiger partial charge in [0, 0.05) is 23.3 Å². The van der Waals surface area contributed by atoms with Crippen molar-refractivity contribution in [3.05, 3.63) is 47.5 Å². The van der Waals surface area contributed by atoms with Crippen LogP contribution < -0.4 is 0 Å². The van der Waals surface area contributed by atoms with Gasteiger partial charge in [0.25, 0.3) is 0 Å². The van der Waals surface area contributed by atoms with Gasteiger partial charge in [0.2, 0.25) is 0 Å². The Kier molecular flexibility index (Phi) is 3.33. The second-order valence-corrected chi connectivity index (χ2v) is 4.94. The molecule has 0 unspecified atom stereocenters. The topological polar surface area (TPSA) is 57.5 Å². The number of hydrogen-bond acceptors (Lipinski definition) is 4. The third-order valence-corrected chi connectivity index (χ3v) is 3.86. The van der Waals surface area contributed by atoms with Crippen LogP contribution in [0.1, 0.15) is 20.7 Å². The van der Waals surface area contributed by atoms with Gasteiger partial charge in [-0.2, -0.15) is 0 Å². The van der Waals surface area contributed by atoms with Crippen molar-refractivity contribution in [2.24, 2.45) is 7.05 Å². The summed E-state index contributed by atoms with van der Waals surface area (Å²) in [5.41, 5.74) is 2.07. The van der Waals surface area contributed by atoms with Crippen LogP contribution in [0.2, 0.25) is 0 Å². The summed E-state index contributed by atoms with van der Waals surface area (Å²) in [6.45, 7) is 0. The van der Waals surface area contributed by atoms with Crippen LogP contribution in [0.3, 0.4) is 0 Å². The molecule has 0 saturated carbocycles. The van der Waals surface area contributed by atoms with Crippen molar-refractivity contribution in [3.8, 4) is 0 Å². The van der Waals surface area contributed by atoms with E-state index in [1.807, 2.05) is 41.9 Å². The number of fused-ring (bicyclic) bond motifs is 3. The number of esters is 2. The molecule has 5 heteroatoms. The number of ether oxygens (including phenoxy) is 2. The Hall–Kier alpha value is -2.82. The minimum absolute atomic E-state index is 0.202. The monoisotopic (exact) mass is 297 g/mol. The van der Waals surface area contributed by atoms with E-state index in [0.717, 1.165) is 16.3 Å². The molecule has 1 heterocycles. The number of aryl methyl sites for hydroxylation is 1. The molecule has 0 bridgehead atoms. The van der Waals surface area contributed by atoms with Crippen LogP contribution in [0, 0.1) is 0 Å². The van der Waals surface area contributed by atoms with Crippen molar-refractivity contribution < 1.29 is 19.1 Å². The molecular formula is C17H15NO4. The summed E-state index contributed by atoms with van der Waals surface area (Å²) in [6, 6.07) is 11.3. The molecule has 3 aromatic rings. The molecule has 0 atom stereocenters. The molecule has 22 heavy (non-hydrogen) atoms. The fourth-order valence-corrected chi connectivity index (χ4v) is 2.86. The number of hydrogen-bond donors (Lipinski definition) is 0. The maximum atomic E-state index is 12.3. The summed E-state index contributed by atoms with van der Waals surface area (Å²) in [5.74, 6) is -1.12. The van der Waals surface area contributed by atoms with Crippen LogP contribution in [0.15, 0.2) is 36.4 Å². The Bertz CT molecular complexity index is 908. The first-order valence-corrected chi connectivity index (χ1v) is 6.77. The van der Waals surface area contributed by atoms with Crippen molar-refractivity contribution in [1.29, 1.82) is 0 Å². The van der Waals surface area contributed by atoms with E-state index in [2.05, 4.69) is 0 Å². The van der Waals surface area contributed by atoms with Gasteiger partial charge in [-0.25, -0.2) is 9.59 Å². The zero-order valence-electron chi connectivity index (χ0n) is 12.5. The summed E-state index contributed by atoms with van der Waals surface area (Å²) in [4.78, 5) is 24.2. The molecule has 2 aromatic carbocycles. The van der Waals surface area contributed by atoms with Crippen molar-refractivity contribution >= 4 is 33.7 Å².